The summed E-state index contributed by atoms with van der Waals surface area (Å²) in [6.45, 7) is 0. The van der Waals surface area contributed by atoms with Crippen molar-refractivity contribution in [1.29, 1.82) is 0 Å². The van der Waals surface area contributed by atoms with Gasteiger partial charge in [0.2, 0.25) is 0 Å². The SMILES string of the molecule is FC(P)S. The van der Waals surface area contributed by atoms with Crippen molar-refractivity contribution < 1.29 is 4.39 Å². The Labute approximate surface area is 32.4 Å². The monoisotopic (exact) mass is 98.0 g/mol. The molecular formula is CH4FPS. The molecule has 0 bridgehead atoms. The van der Waals surface area contributed by atoms with Crippen molar-refractivity contribution in [3.63, 3.8) is 0 Å². The van der Waals surface area contributed by atoms with Gasteiger partial charge < -0.3 is 0 Å². The zero-order valence-electron chi connectivity index (χ0n) is 1.98. The van der Waals surface area contributed by atoms with Crippen molar-refractivity contribution in [2.75, 3.05) is 0 Å². The molecule has 0 aliphatic carbocycles. The molecule has 0 saturated heterocycles. The molecule has 0 aromatic heterocycles. The number of rotatable bonds is 0. The second-order valence-corrected chi connectivity index (χ2v) is 2.01. The number of alkyl halides is 1. The van der Waals surface area contributed by atoms with Crippen molar-refractivity contribution in [2.24, 2.45) is 0 Å². The van der Waals surface area contributed by atoms with E-state index in [1.807, 2.05) is 9.24 Å². The van der Waals surface area contributed by atoms with Crippen LogP contribution in [0.5, 0.6) is 0 Å². The van der Waals surface area contributed by atoms with E-state index in [4.69, 9.17) is 0 Å². The van der Waals surface area contributed by atoms with E-state index in [9.17, 15) is 4.39 Å². The second kappa shape index (κ2) is 1.98. The van der Waals surface area contributed by atoms with E-state index in [0.717, 1.165) is 0 Å². The summed E-state index contributed by atoms with van der Waals surface area (Å²) in [6.07, 6.45) is 0. The van der Waals surface area contributed by atoms with E-state index in [-0.39, 0.29) is 0 Å². The predicted octanol–water partition coefficient (Wildman–Crippen LogP) is 1.04. The molecular weight excluding hydrogens is 94.1 g/mol. The molecule has 26 valence electrons. The number of thiol groups is 1. The third-order valence-electron chi connectivity index (χ3n) is 0. The highest BCUT2D eigenvalue weighted by atomic mass is 32.1. The van der Waals surface area contributed by atoms with Crippen molar-refractivity contribution in [3.8, 4) is 0 Å². The van der Waals surface area contributed by atoms with Crippen molar-refractivity contribution in [1.82, 2.24) is 0 Å². The first-order valence-corrected chi connectivity index (χ1v) is 1.99. The van der Waals surface area contributed by atoms with Crippen LogP contribution in [-0.2, 0) is 0 Å². The molecule has 4 heavy (non-hydrogen) atoms. The van der Waals surface area contributed by atoms with E-state index in [0.29, 0.717) is 0 Å². The standard InChI is InChI=1S/CH4FPS/c2-1(3)4/h1,4H,3H2. The molecule has 0 saturated carbocycles. The molecule has 0 spiro atoms. The Bertz CT molecular complexity index is 12.8. The molecule has 0 N–H and O–H groups in total. The Kier molecular flexibility index (Phi) is 2.33. The van der Waals surface area contributed by atoms with Crippen LogP contribution in [0.1, 0.15) is 0 Å². The maximum Gasteiger partial charge on any atom is 0.155 e. The Balaban J connectivity index is 2.32. The third kappa shape index (κ3) is 15.7. The topological polar surface area (TPSA) is 0 Å². The van der Waals surface area contributed by atoms with Gasteiger partial charge in [-0.15, -0.1) is 12.6 Å². The lowest BCUT2D eigenvalue weighted by molar-refractivity contribution is 0.571. The summed E-state index contributed by atoms with van der Waals surface area (Å²) in [4.78, 5) is 0. The largest absolute Gasteiger partial charge is 0.231 e. The average Bonchev–Trinajstić information content (AvgIpc) is 0.811. The molecule has 0 aliphatic rings. The van der Waals surface area contributed by atoms with E-state index in [2.05, 4.69) is 12.6 Å². The molecule has 2 atom stereocenters. The van der Waals surface area contributed by atoms with Crippen LogP contribution >= 0.6 is 21.9 Å². The summed E-state index contributed by atoms with van der Waals surface area (Å²) >= 11 is 3.26. The van der Waals surface area contributed by atoms with E-state index in [1.165, 1.54) is 0 Å². The Morgan fingerprint density at radius 1 is 2.00 bits per heavy atom. The molecule has 0 rings (SSSR count). The van der Waals surface area contributed by atoms with Gasteiger partial charge in [0, 0.05) is 0 Å². The van der Waals surface area contributed by atoms with Crippen LogP contribution in [0.2, 0.25) is 0 Å². The summed E-state index contributed by atoms with van der Waals surface area (Å²) in [5, 5.41) is -1.06. The first-order valence-electron chi connectivity index (χ1n) is 0.810. The third-order valence-corrected chi connectivity index (χ3v) is 0. The zero-order chi connectivity index (χ0) is 3.58. The van der Waals surface area contributed by atoms with Gasteiger partial charge in [0.15, 0.2) is 5.24 Å². The number of hydrogen-bond acceptors (Lipinski definition) is 1. The van der Waals surface area contributed by atoms with Gasteiger partial charge in [-0.25, -0.2) is 4.39 Å². The van der Waals surface area contributed by atoms with Gasteiger partial charge in [0.25, 0.3) is 0 Å². The van der Waals surface area contributed by atoms with Gasteiger partial charge in [-0.1, -0.05) is 9.24 Å². The average molecular weight is 98.1 g/mol. The fourth-order valence-electron chi connectivity index (χ4n) is 0. The lowest BCUT2D eigenvalue weighted by Gasteiger charge is -1.74. The van der Waals surface area contributed by atoms with Gasteiger partial charge in [0.1, 0.15) is 0 Å². The van der Waals surface area contributed by atoms with Crippen molar-refractivity contribution in [2.45, 2.75) is 5.24 Å². The number of hydrogen-bond donors (Lipinski definition) is 1. The highest BCUT2D eigenvalue weighted by molar-refractivity contribution is 7.85. The van der Waals surface area contributed by atoms with E-state index < -0.39 is 5.24 Å². The van der Waals surface area contributed by atoms with Crippen LogP contribution in [0.25, 0.3) is 0 Å². The van der Waals surface area contributed by atoms with Gasteiger partial charge in [-0.2, -0.15) is 0 Å². The van der Waals surface area contributed by atoms with Crippen LogP contribution in [0, 0.1) is 0 Å². The lowest BCUT2D eigenvalue weighted by Crippen LogP contribution is -1.57. The van der Waals surface area contributed by atoms with Crippen LogP contribution in [0.3, 0.4) is 0 Å². The molecule has 3 heteroatoms. The zero-order valence-corrected chi connectivity index (χ0v) is 4.03. The lowest BCUT2D eigenvalue weighted by atomic mass is 11.8. The quantitative estimate of drug-likeness (QED) is 0.339. The molecule has 0 radical (unpaired) electrons. The minimum absolute atomic E-state index is 1.06. The van der Waals surface area contributed by atoms with Crippen molar-refractivity contribution in [3.05, 3.63) is 0 Å². The smallest absolute Gasteiger partial charge is 0.155 e. The van der Waals surface area contributed by atoms with Crippen molar-refractivity contribution >= 4 is 21.9 Å². The summed E-state index contributed by atoms with van der Waals surface area (Å²) in [5.41, 5.74) is 0. The summed E-state index contributed by atoms with van der Waals surface area (Å²) in [7, 11) is 1.85. The summed E-state index contributed by atoms with van der Waals surface area (Å²) < 4.78 is 10.8. The van der Waals surface area contributed by atoms with Crippen LogP contribution in [0.15, 0.2) is 0 Å². The molecule has 0 aromatic rings. The fraction of sp³-hybridized carbons (Fsp3) is 1.00. The van der Waals surface area contributed by atoms with E-state index in [1.54, 1.807) is 0 Å². The van der Waals surface area contributed by atoms with Crippen LogP contribution < -0.4 is 0 Å². The molecule has 0 amide bonds. The highest BCUT2D eigenvalue weighted by Crippen LogP contribution is 2.02. The van der Waals surface area contributed by atoms with Crippen LogP contribution in [0.4, 0.5) is 4.39 Å². The van der Waals surface area contributed by atoms with Gasteiger partial charge >= 0.3 is 0 Å². The Hall–Kier alpha value is 0.710. The first kappa shape index (κ1) is 4.71. The summed E-state index contributed by atoms with van der Waals surface area (Å²) in [5.74, 6) is 0. The van der Waals surface area contributed by atoms with Gasteiger partial charge in [-0.05, 0) is 0 Å². The maximum atomic E-state index is 10.8. The Morgan fingerprint density at radius 2 is 2.00 bits per heavy atom. The minimum Gasteiger partial charge on any atom is -0.231 e. The molecule has 0 aromatic carbocycles. The minimum atomic E-state index is -1.06. The van der Waals surface area contributed by atoms with Gasteiger partial charge in [0.05, 0.1) is 0 Å². The number of halogens is 1. The van der Waals surface area contributed by atoms with E-state index >= 15 is 0 Å². The molecule has 0 aliphatic heterocycles. The maximum absolute atomic E-state index is 10.8. The normalized spacial score (nSPS) is 15.8. The van der Waals surface area contributed by atoms with Gasteiger partial charge in [-0.3, -0.25) is 0 Å². The Morgan fingerprint density at radius 3 is 2.00 bits per heavy atom. The van der Waals surface area contributed by atoms with Crippen LogP contribution in [-0.4, -0.2) is 5.24 Å². The summed E-state index contributed by atoms with van der Waals surface area (Å²) in [6, 6.07) is 0. The highest BCUT2D eigenvalue weighted by Gasteiger charge is 1.74. The molecule has 0 heterocycles. The molecule has 0 nitrogen and oxygen atoms in total. The predicted molar refractivity (Wildman–Crippen MR) is 23.6 cm³/mol. The first-order chi connectivity index (χ1) is 1.73. The molecule has 2 unspecified atom stereocenters. The molecule has 0 fully saturated rings. The second-order valence-electron chi connectivity index (χ2n) is 0.373. The fourth-order valence-corrected chi connectivity index (χ4v) is 0.